The second kappa shape index (κ2) is 7.18. The third-order valence-corrected chi connectivity index (χ3v) is 5.65. The molecule has 1 fully saturated rings. The van der Waals surface area contributed by atoms with Crippen LogP contribution in [0.25, 0.3) is 5.57 Å². The van der Waals surface area contributed by atoms with E-state index in [4.69, 9.17) is 14.2 Å². The lowest BCUT2D eigenvalue weighted by Crippen LogP contribution is -2.40. The maximum atomic E-state index is 13.6. The van der Waals surface area contributed by atoms with E-state index in [2.05, 4.69) is 0 Å². The quantitative estimate of drug-likeness (QED) is 0.730. The van der Waals surface area contributed by atoms with Crippen LogP contribution in [0.1, 0.15) is 16.7 Å². The second-order valence-corrected chi connectivity index (χ2v) is 7.62. The first-order chi connectivity index (χ1) is 14.5. The van der Waals surface area contributed by atoms with E-state index in [-0.39, 0.29) is 18.6 Å². The second-order valence-electron chi connectivity index (χ2n) is 7.62. The molecule has 0 N–H and O–H groups in total. The third kappa shape index (κ3) is 2.93. The van der Waals surface area contributed by atoms with Gasteiger partial charge in [-0.2, -0.15) is 0 Å². The van der Waals surface area contributed by atoms with Crippen molar-refractivity contribution in [2.75, 3.05) is 38.0 Å². The Bertz CT molecular complexity index is 1080. The summed E-state index contributed by atoms with van der Waals surface area (Å²) in [5.74, 6) is 0.484. The molecule has 0 radical (unpaired) electrons. The molecule has 5 rings (SSSR count). The highest BCUT2D eigenvalue weighted by Crippen LogP contribution is 2.40. The van der Waals surface area contributed by atoms with E-state index in [9.17, 15) is 9.59 Å². The molecule has 0 atom stereocenters. The highest BCUT2D eigenvalue weighted by molar-refractivity contribution is 6.45. The Morgan fingerprint density at radius 2 is 1.63 bits per heavy atom. The Morgan fingerprint density at radius 1 is 0.867 bits per heavy atom. The number of carbonyl (C=O) groups excluding carboxylic acids is 2. The van der Waals surface area contributed by atoms with Gasteiger partial charge in [-0.1, -0.05) is 23.8 Å². The molecule has 0 aromatic heterocycles. The van der Waals surface area contributed by atoms with Gasteiger partial charge < -0.3 is 19.1 Å². The zero-order valence-corrected chi connectivity index (χ0v) is 16.9. The molecule has 7 nitrogen and oxygen atoms in total. The van der Waals surface area contributed by atoms with E-state index in [1.165, 1.54) is 4.90 Å². The summed E-state index contributed by atoms with van der Waals surface area (Å²) in [5, 5.41) is 0. The summed E-state index contributed by atoms with van der Waals surface area (Å²) < 4.78 is 16.3. The largest absolute Gasteiger partial charge is 0.454 e. The highest BCUT2D eigenvalue weighted by atomic mass is 16.7. The topological polar surface area (TPSA) is 68.3 Å². The molecule has 0 aliphatic carbocycles. The fourth-order valence-corrected chi connectivity index (χ4v) is 4.19. The molecular weight excluding hydrogens is 384 g/mol. The Kier molecular flexibility index (Phi) is 4.47. The van der Waals surface area contributed by atoms with Gasteiger partial charge in [0, 0.05) is 19.2 Å². The van der Waals surface area contributed by atoms with Crippen molar-refractivity contribution in [1.82, 2.24) is 4.90 Å². The van der Waals surface area contributed by atoms with Crippen molar-refractivity contribution in [2.24, 2.45) is 0 Å². The number of amides is 2. The fourth-order valence-electron chi connectivity index (χ4n) is 4.19. The Hall–Kier alpha value is -3.32. The minimum atomic E-state index is -0.327. The van der Waals surface area contributed by atoms with Gasteiger partial charge in [-0.15, -0.1) is 0 Å². The number of carbonyl (C=O) groups is 2. The third-order valence-electron chi connectivity index (χ3n) is 5.65. The number of rotatable bonds is 3. The van der Waals surface area contributed by atoms with Crippen LogP contribution in [0.3, 0.4) is 0 Å². The van der Waals surface area contributed by atoms with Crippen molar-refractivity contribution in [1.29, 1.82) is 0 Å². The van der Waals surface area contributed by atoms with Crippen LogP contribution in [0.4, 0.5) is 5.69 Å². The lowest BCUT2D eigenvalue weighted by Gasteiger charge is -2.29. The molecule has 3 heterocycles. The predicted octanol–water partition coefficient (Wildman–Crippen LogP) is 2.65. The molecular formula is C23H22N2O5. The first-order valence-electron chi connectivity index (χ1n) is 9.97. The number of ether oxygens (including phenoxy) is 3. The van der Waals surface area contributed by atoms with Crippen molar-refractivity contribution in [2.45, 2.75) is 13.8 Å². The molecule has 1 saturated heterocycles. The van der Waals surface area contributed by atoms with E-state index in [0.29, 0.717) is 54.8 Å². The molecule has 7 heteroatoms. The number of fused-ring (bicyclic) bond motifs is 1. The smallest absolute Gasteiger partial charge is 0.282 e. The number of imide groups is 1. The molecule has 30 heavy (non-hydrogen) atoms. The van der Waals surface area contributed by atoms with Gasteiger partial charge in [0.1, 0.15) is 5.70 Å². The van der Waals surface area contributed by atoms with Gasteiger partial charge in [0.15, 0.2) is 11.5 Å². The number of nitrogens with zero attached hydrogens (tertiary/aromatic N) is 2. The van der Waals surface area contributed by atoms with Gasteiger partial charge in [-0.05, 0) is 37.1 Å². The van der Waals surface area contributed by atoms with Gasteiger partial charge in [0.05, 0.1) is 24.5 Å². The summed E-state index contributed by atoms with van der Waals surface area (Å²) in [4.78, 5) is 30.4. The van der Waals surface area contributed by atoms with Gasteiger partial charge in [-0.3, -0.25) is 9.59 Å². The zero-order chi connectivity index (χ0) is 20.8. The summed E-state index contributed by atoms with van der Waals surface area (Å²) in [7, 11) is 0. The molecule has 0 spiro atoms. The average Bonchev–Trinajstić information content (AvgIpc) is 3.30. The Balaban J connectivity index is 1.63. The van der Waals surface area contributed by atoms with Gasteiger partial charge in [-0.25, -0.2) is 4.90 Å². The first kappa shape index (κ1) is 18.7. The van der Waals surface area contributed by atoms with Crippen molar-refractivity contribution in [3.8, 4) is 11.5 Å². The van der Waals surface area contributed by atoms with E-state index in [0.717, 1.165) is 16.7 Å². The summed E-state index contributed by atoms with van der Waals surface area (Å²) in [6, 6.07) is 11.0. The van der Waals surface area contributed by atoms with Gasteiger partial charge >= 0.3 is 0 Å². The molecule has 0 unspecified atom stereocenters. The van der Waals surface area contributed by atoms with E-state index in [1.807, 2.05) is 36.9 Å². The minimum absolute atomic E-state index is 0.131. The SMILES string of the molecule is Cc1ccc(C2=C(N3CCOCC3)C(=O)N(c3ccc4c(c3)OCO4)C2=O)c(C)c1. The number of hydrogen-bond donors (Lipinski definition) is 0. The van der Waals surface area contributed by atoms with Gasteiger partial charge in [0.25, 0.3) is 11.8 Å². The standard InChI is InChI=1S/C23H22N2O5/c1-14-3-5-17(15(2)11-14)20-21(24-7-9-28-10-8-24)23(27)25(22(20)26)16-4-6-18-19(12-16)30-13-29-18/h3-6,11-12H,7-10,13H2,1-2H3. The summed E-state index contributed by atoms with van der Waals surface area (Å²) in [5.41, 5.74) is 4.20. The number of morpholine rings is 1. The van der Waals surface area contributed by atoms with Crippen LogP contribution in [-0.2, 0) is 14.3 Å². The molecule has 0 saturated carbocycles. The van der Waals surface area contributed by atoms with Crippen LogP contribution in [0, 0.1) is 13.8 Å². The number of benzene rings is 2. The normalized spacial score (nSPS) is 18.6. The lowest BCUT2D eigenvalue weighted by molar-refractivity contribution is -0.121. The number of aryl methyl sites for hydroxylation is 2. The summed E-state index contributed by atoms with van der Waals surface area (Å²) in [6.07, 6.45) is 0. The first-order valence-corrected chi connectivity index (χ1v) is 9.97. The average molecular weight is 406 g/mol. The maximum Gasteiger partial charge on any atom is 0.282 e. The molecule has 3 aliphatic heterocycles. The van der Waals surface area contributed by atoms with Crippen molar-refractivity contribution < 1.29 is 23.8 Å². The van der Waals surface area contributed by atoms with Crippen molar-refractivity contribution >= 4 is 23.1 Å². The fraction of sp³-hybridized carbons (Fsp3) is 0.304. The van der Waals surface area contributed by atoms with Crippen molar-refractivity contribution in [3.05, 3.63) is 58.8 Å². The van der Waals surface area contributed by atoms with E-state index >= 15 is 0 Å². The number of anilines is 1. The lowest BCUT2D eigenvalue weighted by atomic mass is 9.97. The summed E-state index contributed by atoms with van der Waals surface area (Å²) >= 11 is 0. The van der Waals surface area contributed by atoms with Crippen LogP contribution >= 0.6 is 0 Å². The zero-order valence-electron chi connectivity index (χ0n) is 16.9. The minimum Gasteiger partial charge on any atom is -0.454 e. The summed E-state index contributed by atoms with van der Waals surface area (Å²) in [6.45, 7) is 6.29. The predicted molar refractivity (Wildman–Crippen MR) is 110 cm³/mol. The van der Waals surface area contributed by atoms with E-state index < -0.39 is 0 Å². The molecule has 2 aromatic carbocycles. The van der Waals surface area contributed by atoms with E-state index in [1.54, 1.807) is 18.2 Å². The van der Waals surface area contributed by atoms with Crippen LogP contribution in [0.5, 0.6) is 11.5 Å². The van der Waals surface area contributed by atoms with Crippen LogP contribution in [0.15, 0.2) is 42.1 Å². The Morgan fingerprint density at radius 3 is 2.40 bits per heavy atom. The van der Waals surface area contributed by atoms with Crippen molar-refractivity contribution in [3.63, 3.8) is 0 Å². The molecule has 0 bridgehead atoms. The highest BCUT2D eigenvalue weighted by Gasteiger charge is 2.43. The Labute approximate surface area is 174 Å². The van der Waals surface area contributed by atoms with Gasteiger partial charge in [0.2, 0.25) is 6.79 Å². The molecule has 2 aromatic rings. The number of hydrogen-bond acceptors (Lipinski definition) is 6. The molecule has 154 valence electrons. The molecule has 2 amide bonds. The monoisotopic (exact) mass is 406 g/mol. The molecule has 3 aliphatic rings. The van der Waals surface area contributed by atoms with Crippen LogP contribution in [-0.4, -0.2) is 49.8 Å². The van der Waals surface area contributed by atoms with Crippen LogP contribution < -0.4 is 14.4 Å². The maximum absolute atomic E-state index is 13.6. The van der Waals surface area contributed by atoms with Crippen LogP contribution in [0.2, 0.25) is 0 Å².